The summed E-state index contributed by atoms with van der Waals surface area (Å²) >= 11 is 0. The fourth-order valence-electron chi connectivity index (χ4n) is 3.73. The predicted molar refractivity (Wildman–Crippen MR) is 110 cm³/mol. The van der Waals surface area contributed by atoms with Crippen LogP contribution in [0.2, 0.25) is 0 Å². The Balaban J connectivity index is 1.42. The van der Waals surface area contributed by atoms with E-state index in [1.807, 2.05) is 4.90 Å². The molecule has 8 heteroatoms. The van der Waals surface area contributed by atoms with Gasteiger partial charge in [-0.05, 0) is 44.0 Å². The van der Waals surface area contributed by atoms with Crippen LogP contribution >= 0.6 is 0 Å². The Hall–Kier alpha value is -3.00. The van der Waals surface area contributed by atoms with Crippen LogP contribution in [0.3, 0.4) is 0 Å². The maximum absolute atomic E-state index is 12.6. The number of piperidine rings is 1. The Morgan fingerprint density at radius 3 is 2.52 bits per heavy atom. The third-order valence-electron chi connectivity index (χ3n) is 5.31. The number of benzene rings is 2. The standard InChI is InChI=1S/C21H21N3O4S/c1-14(25)16-5-4-6-17(13-16)22-21(26)15-9-11-24(12-10-15)20-18-7-2-3-8-19(18)29(27,28)23-20/h2-8,13,15H,9-12H2,1H3,(H,22,26). The number of Topliss-reactive ketones (excluding diaryl/α,β-unsaturated/α-hetero) is 1. The molecule has 2 heterocycles. The van der Waals surface area contributed by atoms with E-state index in [1.165, 1.54) is 6.92 Å². The van der Waals surface area contributed by atoms with Crippen LogP contribution in [0.4, 0.5) is 5.69 Å². The highest BCUT2D eigenvalue weighted by atomic mass is 32.2. The number of nitrogens with one attached hydrogen (secondary N) is 1. The molecule has 0 aromatic heterocycles. The number of sulfonamides is 1. The smallest absolute Gasteiger partial charge is 0.285 e. The van der Waals surface area contributed by atoms with E-state index in [1.54, 1.807) is 48.5 Å². The highest BCUT2D eigenvalue weighted by Crippen LogP contribution is 2.30. The molecule has 2 aromatic carbocycles. The van der Waals surface area contributed by atoms with Crippen molar-refractivity contribution >= 4 is 33.2 Å². The number of ketones is 1. The molecule has 1 fully saturated rings. The van der Waals surface area contributed by atoms with Crippen LogP contribution in [-0.4, -0.2) is 43.9 Å². The van der Waals surface area contributed by atoms with Gasteiger partial charge in [-0.1, -0.05) is 24.3 Å². The Kier molecular flexibility index (Phi) is 4.96. The Morgan fingerprint density at radius 2 is 1.79 bits per heavy atom. The van der Waals surface area contributed by atoms with Gasteiger partial charge in [-0.2, -0.15) is 8.42 Å². The van der Waals surface area contributed by atoms with Crippen molar-refractivity contribution in [1.29, 1.82) is 0 Å². The quantitative estimate of drug-likeness (QED) is 0.784. The summed E-state index contributed by atoms with van der Waals surface area (Å²) in [5, 5.41) is 2.88. The number of rotatable bonds is 3. The van der Waals surface area contributed by atoms with Gasteiger partial charge in [0.15, 0.2) is 11.6 Å². The number of fused-ring (bicyclic) bond motifs is 1. The minimum atomic E-state index is -3.65. The van der Waals surface area contributed by atoms with Crippen LogP contribution in [0.5, 0.6) is 0 Å². The zero-order chi connectivity index (χ0) is 20.6. The first kappa shape index (κ1) is 19.3. The van der Waals surface area contributed by atoms with E-state index in [0.29, 0.717) is 48.6 Å². The van der Waals surface area contributed by atoms with E-state index in [4.69, 9.17) is 0 Å². The van der Waals surface area contributed by atoms with Crippen molar-refractivity contribution in [2.24, 2.45) is 10.3 Å². The van der Waals surface area contributed by atoms with Gasteiger partial charge in [-0.3, -0.25) is 9.59 Å². The van der Waals surface area contributed by atoms with Crippen molar-refractivity contribution in [3.8, 4) is 0 Å². The maximum Gasteiger partial charge on any atom is 0.285 e. The molecule has 150 valence electrons. The van der Waals surface area contributed by atoms with Crippen LogP contribution < -0.4 is 5.32 Å². The number of amides is 1. The monoisotopic (exact) mass is 411 g/mol. The molecule has 0 saturated carbocycles. The van der Waals surface area contributed by atoms with Crippen molar-refractivity contribution in [3.63, 3.8) is 0 Å². The number of nitrogens with zero attached hydrogens (tertiary/aromatic N) is 2. The molecule has 7 nitrogen and oxygen atoms in total. The Labute approximate surface area is 169 Å². The molecular weight excluding hydrogens is 390 g/mol. The van der Waals surface area contributed by atoms with Gasteiger partial charge in [0.25, 0.3) is 10.0 Å². The topological polar surface area (TPSA) is 95.9 Å². The van der Waals surface area contributed by atoms with Gasteiger partial charge in [0.2, 0.25) is 5.91 Å². The van der Waals surface area contributed by atoms with Crippen LogP contribution in [0.15, 0.2) is 57.8 Å². The van der Waals surface area contributed by atoms with Gasteiger partial charge in [-0.25, -0.2) is 0 Å². The maximum atomic E-state index is 12.6. The molecular formula is C21H21N3O4S. The normalized spacial score (nSPS) is 18.1. The Morgan fingerprint density at radius 1 is 1.07 bits per heavy atom. The van der Waals surface area contributed by atoms with E-state index in [9.17, 15) is 18.0 Å². The lowest BCUT2D eigenvalue weighted by atomic mass is 9.95. The van der Waals surface area contributed by atoms with Gasteiger partial charge in [0.1, 0.15) is 4.90 Å². The molecule has 0 atom stereocenters. The Bertz CT molecular complexity index is 1120. The summed E-state index contributed by atoms with van der Waals surface area (Å²) in [5.41, 5.74) is 1.78. The summed E-state index contributed by atoms with van der Waals surface area (Å²) < 4.78 is 28.5. The summed E-state index contributed by atoms with van der Waals surface area (Å²) in [6.45, 7) is 2.59. The summed E-state index contributed by atoms with van der Waals surface area (Å²) in [5.74, 6) is 0.142. The van der Waals surface area contributed by atoms with E-state index < -0.39 is 10.0 Å². The number of likely N-dealkylation sites (tertiary alicyclic amines) is 1. The van der Waals surface area contributed by atoms with Gasteiger partial charge < -0.3 is 10.2 Å². The molecule has 0 radical (unpaired) electrons. The van der Waals surface area contributed by atoms with Crippen molar-refractivity contribution in [2.75, 3.05) is 18.4 Å². The molecule has 1 amide bonds. The molecule has 0 bridgehead atoms. The fourth-order valence-corrected chi connectivity index (χ4v) is 4.96. The zero-order valence-corrected chi connectivity index (χ0v) is 16.8. The van der Waals surface area contributed by atoms with E-state index >= 15 is 0 Å². The average molecular weight is 411 g/mol. The summed E-state index contributed by atoms with van der Waals surface area (Å²) in [7, 11) is -3.65. The minimum Gasteiger partial charge on any atom is -0.355 e. The van der Waals surface area contributed by atoms with Gasteiger partial charge >= 0.3 is 0 Å². The summed E-state index contributed by atoms with van der Waals surface area (Å²) in [6, 6.07) is 13.7. The second-order valence-corrected chi connectivity index (χ2v) is 8.85. The molecule has 0 unspecified atom stereocenters. The number of hydrogen-bond acceptors (Lipinski definition) is 5. The van der Waals surface area contributed by atoms with Crippen LogP contribution in [0.1, 0.15) is 35.7 Å². The van der Waals surface area contributed by atoms with E-state index in [-0.39, 0.29) is 22.5 Å². The fraction of sp³-hybridized carbons (Fsp3) is 0.286. The largest absolute Gasteiger partial charge is 0.355 e. The van der Waals surface area contributed by atoms with Crippen molar-refractivity contribution in [3.05, 3.63) is 59.7 Å². The van der Waals surface area contributed by atoms with Gasteiger partial charge in [0.05, 0.1) is 0 Å². The van der Waals surface area contributed by atoms with Crippen LogP contribution in [-0.2, 0) is 14.8 Å². The number of hydrogen-bond donors (Lipinski definition) is 1. The van der Waals surface area contributed by atoms with Crippen molar-refractivity contribution in [2.45, 2.75) is 24.7 Å². The highest BCUT2D eigenvalue weighted by Gasteiger charge is 2.34. The molecule has 0 aliphatic carbocycles. The number of carbonyl (C=O) groups excluding carboxylic acids is 2. The molecule has 2 aromatic rings. The van der Waals surface area contributed by atoms with Crippen LogP contribution in [0.25, 0.3) is 0 Å². The van der Waals surface area contributed by atoms with Crippen LogP contribution in [0, 0.1) is 5.92 Å². The first-order valence-electron chi connectivity index (χ1n) is 9.46. The SMILES string of the molecule is CC(=O)c1cccc(NC(=O)C2CCN(C3=NS(=O)(=O)c4ccccc43)CC2)c1. The third kappa shape index (κ3) is 3.80. The van der Waals surface area contributed by atoms with Crippen molar-refractivity contribution < 1.29 is 18.0 Å². The number of anilines is 1. The first-order valence-corrected chi connectivity index (χ1v) is 10.9. The minimum absolute atomic E-state index is 0.0537. The number of carbonyl (C=O) groups is 2. The molecule has 1 saturated heterocycles. The summed E-state index contributed by atoms with van der Waals surface area (Å²) in [6.07, 6.45) is 1.19. The molecule has 4 rings (SSSR count). The van der Waals surface area contributed by atoms with Gasteiger partial charge in [-0.15, -0.1) is 4.40 Å². The highest BCUT2D eigenvalue weighted by molar-refractivity contribution is 7.90. The van der Waals surface area contributed by atoms with Crippen molar-refractivity contribution in [1.82, 2.24) is 4.90 Å². The second-order valence-electron chi connectivity index (χ2n) is 7.27. The van der Waals surface area contributed by atoms with Gasteiger partial charge in [0, 0.05) is 35.8 Å². The van der Waals surface area contributed by atoms with E-state index in [2.05, 4.69) is 9.71 Å². The molecule has 2 aliphatic heterocycles. The second kappa shape index (κ2) is 7.44. The molecule has 0 spiro atoms. The zero-order valence-electron chi connectivity index (χ0n) is 16.0. The lowest BCUT2D eigenvalue weighted by Crippen LogP contribution is -2.41. The first-order chi connectivity index (χ1) is 13.8. The molecule has 29 heavy (non-hydrogen) atoms. The molecule has 1 N–H and O–H groups in total. The lowest BCUT2D eigenvalue weighted by molar-refractivity contribution is -0.120. The third-order valence-corrected chi connectivity index (χ3v) is 6.64. The summed E-state index contributed by atoms with van der Waals surface area (Å²) in [4.78, 5) is 26.3. The molecule has 2 aliphatic rings. The lowest BCUT2D eigenvalue weighted by Gasteiger charge is -2.32. The average Bonchev–Trinajstić information content (AvgIpc) is 2.99. The number of amidine groups is 1. The van der Waals surface area contributed by atoms with E-state index in [0.717, 1.165) is 0 Å². The predicted octanol–water partition coefficient (Wildman–Crippen LogP) is 2.69.